The minimum atomic E-state index is 0.469. The van der Waals surface area contributed by atoms with Gasteiger partial charge >= 0.3 is 0 Å². The van der Waals surface area contributed by atoms with Gasteiger partial charge in [0, 0.05) is 33.8 Å². The molecule has 0 radical (unpaired) electrons. The van der Waals surface area contributed by atoms with Gasteiger partial charge in [0.15, 0.2) is 0 Å². The predicted molar refractivity (Wildman–Crippen MR) is 89.4 cm³/mol. The van der Waals surface area contributed by atoms with Crippen LogP contribution < -0.4 is 0 Å². The van der Waals surface area contributed by atoms with Crippen molar-refractivity contribution in [1.29, 1.82) is 0 Å². The molecule has 0 aliphatic rings. The Bertz CT molecular complexity index is 637. The Balaban J connectivity index is 2.07. The Hall–Kier alpha value is -2.53. The monoisotopic (exact) mass is 326 g/mol. The van der Waals surface area contributed by atoms with Crippen molar-refractivity contribution in [2.24, 2.45) is 0 Å². The fourth-order valence-electron chi connectivity index (χ4n) is 2.22. The van der Waals surface area contributed by atoms with Gasteiger partial charge in [-0.2, -0.15) is 11.8 Å². The van der Waals surface area contributed by atoms with E-state index in [1.54, 1.807) is 36.0 Å². The number of hydrogen-bond acceptors (Lipinski definition) is 5. The first-order chi connectivity index (χ1) is 11.2. The highest BCUT2D eigenvalue weighted by molar-refractivity contribution is 7.97. The maximum atomic E-state index is 10.9. The molecule has 0 fully saturated rings. The van der Waals surface area contributed by atoms with Gasteiger partial charge in [0.1, 0.15) is 25.1 Å². The van der Waals surface area contributed by atoms with Gasteiger partial charge in [0.25, 0.3) is 0 Å². The molecule has 4 nitrogen and oxygen atoms in total. The Morgan fingerprint density at radius 3 is 1.13 bits per heavy atom. The number of aldehydes is 4. The molecule has 0 heterocycles. The summed E-state index contributed by atoms with van der Waals surface area (Å²) in [6.45, 7) is 0. The lowest BCUT2D eigenvalue weighted by Crippen LogP contribution is -1.93. The van der Waals surface area contributed by atoms with E-state index in [2.05, 4.69) is 0 Å². The summed E-state index contributed by atoms with van der Waals surface area (Å²) in [5.74, 6) is 1.23. The van der Waals surface area contributed by atoms with Crippen LogP contribution >= 0.6 is 11.8 Å². The Morgan fingerprint density at radius 2 is 0.870 bits per heavy atom. The molecule has 23 heavy (non-hydrogen) atoms. The molecular weight excluding hydrogens is 312 g/mol. The molecule has 2 rings (SSSR count). The van der Waals surface area contributed by atoms with Crippen LogP contribution in [0.2, 0.25) is 0 Å². The molecule has 2 aromatic carbocycles. The molecule has 0 amide bonds. The van der Waals surface area contributed by atoms with Crippen molar-refractivity contribution in [3.8, 4) is 0 Å². The number of rotatable bonds is 8. The lowest BCUT2D eigenvalue weighted by Gasteiger charge is -2.06. The van der Waals surface area contributed by atoms with Crippen molar-refractivity contribution in [3.05, 3.63) is 69.8 Å². The van der Waals surface area contributed by atoms with E-state index in [-0.39, 0.29) is 0 Å². The van der Waals surface area contributed by atoms with Crippen LogP contribution in [0.4, 0.5) is 0 Å². The first kappa shape index (κ1) is 16.8. The molecular formula is C18H14O4S. The quantitative estimate of drug-likeness (QED) is 0.696. The van der Waals surface area contributed by atoms with Crippen molar-refractivity contribution in [3.63, 3.8) is 0 Å². The van der Waals surface area contributed by atoms with Crippen molar-refractivity contribution in [1.82, 2.24) is 0 Å². The van der Waals surface area contributed by atoms with Crippen LogP contribution in [0.5, 0.6) is 0 Å². The zero-order valence-electron chi connectivity index (χ0n) is 12.2. The van der Waals surface area contributed by atoms with Gasteiger partial charge in [0.05, 0.1) is 0 Å². The molecule has 5 heteroatoms. The Labute approximate surface area is 137 Å². The standard InChI is InChI=1S/C18H14O4S/c19-7-13-1-14(8-20)4-17(3-13)11-23-12-18-5-15(9-21)2-16(6-18)10-22/h1-10H,11-12H2. The molecule has 0 saturated carbocycles. The minimum absolute atomic E-state index is 0.469. The number of benzene rings is 2. The summed E-state index contributed by atoms with van der Waals surface area (Å²) in [6.07, 6.45) is 2.85. The van der Waals surface area contributed by atoms with E-state index in [1.165, 1.54) is 12.1 Å². The molecule has 0 aromatic heterocycles. The topological polar surface area (TPSA) is 68.3 Å². The minimum Gasteiger partial charge on any atom is -0.298 e. The van der Waals surface area contributed by atoms with E-state index in [4.69, 9.17) is 0 Å². The lowest BCUT2D eigenvalue weighted by atomic mass is 10.1. The first-order valence-corrected chi connectivity index (χ1v) is 8.00. The van der Waals surface area contributed by atoms with E-state index >= 15 is 0 Å². The third kappa shape index (κ3) is 4.72. The SMILES string of the molecule is O=Cc1cc(C=O)cc(CSCc2cc(C=O)cc(C=O)c2)c1. The first-order valence-electron chi connectivity index (χ1n) is 6.85. The summed E-state index contributed by atoms with van der Waals surface area (Å²) in [7, 11) is 0. The van der Waals surface area contributed by atoms with Crippen molar-refractivity contribution < 1.29 is 19.2 Å². The average Bonchev–Trinajstić information content (AvgIpc) is 2.60. The van der Waals surface area contributed by atoms with Crippen LogP contribution in [-0.2, 0) is 11.5 Å². The summed E-state index contributed by atoms with van der Waals surface area (Å²) >= 11 is 1.57. The summed E-state index contributed by atoms with van der Waals surface area (Å²) in [6, 6.07) is 10.0. The molecule has 0 N–H and O–H groups in total. The van der Waals surface area contributed by atoms with Crippen molar-refractivity contribution in [2.45, 2.75) is 11.5 Å². The van der Waals surface area contributed by atoms with Gasteiger partial charge in [-0.1, -0.05) is 0 Å². The summed E-state index contributed by atoms with van der Waals surface area (Å²) in [5, 5.41) is 0. The second-order valence-corrected chi connectivity index (χ2v) is 5.97. The highest BCUT2D eigenvalue weighted by Crippen LogP contribution is 2.20. The number of thioether (sulfide) groups is 1. The highest BCUT2D eigenvalue weighted by atomic mass is 32.2. The van der Waals surface area contributed by atoms with Gasteiger partial charge in [-0.3, -0.25) is 19.2 Å². The van der Waals surface area contributed by atoms with Crippen LogP contribution in [0, 0.1) is 0 Å². The maximum absolute atomic E-state index is 10.9. The lowest BCUT2D eigenvalue weighted by molar-refractivity contribution is 0.110. The van der Waals surface area contributed by atoms with Crippen LogP contribution in [-0.4, -0.2) is 25.1 Å². The molecule has 0 unspecified atom stereocenters. The fourth-order valence-corrected chi connectivity index (χ4v) is 3.12. The summed E-state index contributed by atoms with van der Waals surface area (Å²) < 4.78 is 0. The third-order valence-electron chi connectivity index (χ3n) is 3.16. The normalized spacial score (nSPS) is 10.1. The molecule has 2 aromatic rings. The van der Waals surface area contributed by atoms with Gasteiger partial charge < -0.3 is 0 Å². The fraction of sp³-hybridized carbons (Fsp3) is 0.111. The summed E-state index contributed by atoms with van der Waals surface area (Å²) in [5.41, 5.74) is 3.63. The van der Waals surface area contributed by atoms with Crippen LogP contribution in [0.1, 0.15) is 52.6 Å². The zero-order chi connectivity index (χ0) is 16.7. The van der Waals surface area contributed by atoms with Crippen LogP contribution in [0.3, 0.4) is 0 Å². The third-order valence-corrected chi connectivity index (χ3v) is 4.23. The molecule has 116 valence electrons. The molecule has 0 bridgehead atoms. The van der Waals surface area contributed by atoms with Crippen molar-refractivity contribution >= 4 is 36.9 Å². The van der Waals surface area contributed by atoms with E-state index in [9.17, 15) is 19.2 Å². The van der Waals surface area contributed by atoms with E-state index in [0.29, 0.717) is 58.9 Å². The maximum Gasteiger partial charge on any atom is 0.150 e. The van der Waals surface area contributed by atoms with Gasteiger partial charge in [0.2, 0.25) is 0 Å². The molecule has 0 atom stereocenters. The predicted octanol–water partition coefficient (Wildman–Crippen LogP) is 3.37. The number of carbonyl (C=O) groups excluding carboxylic acids is 4. The summed E-state index contributed by atoms with van der Waals surface area (Å²) in [4.78, 5) is 43.5. The van der Waals surface area contributed by atoms with E-state index in [0.717, 1.165) is 11.1 Å². The molecule has 0 aliphatic heterocycles. The van der Waals surface area contributed by atoms with Crippen LogP contribution in [0.15, 0.2) is 36.4 Å². The van der Waals surface area contributed by atoms with E-state index in [1.807, 2.05) is 0 Å². The highest BCUT2D eigenvalue weighted by Gasteiger charge is 2.04. The van der Waals surface area contributed by atoms with Gasteiger partial charge in [-0.25, -0.2) is 0 Å². The Morgan fingerprint density at radius 1 is 0.565 bits per heavy atom. The van der Waals surface area contributed by atoms with Crippen LogP contribution in [0.25, 0.3) is 0 Å². The number of carbonyl (C=O) groups is 4. The largest absolute Gasteiger partial charge is 0.298 e. The number of hydrogen-bond donors (Lipinski definition) is 0. The van der Waals surface area contributed by atoms with E-state index < -0.39 is 0 Å². The van der Waals surface area contributed by atoms with Gasteiger partial charge in [-0.15, -0.1) is 0 Å². The second-order valence-electron chi connectivity index (χ2n) is 4.98. The molecule has 0 spiro atoms. The smallest absolute Gasteiger partial charge is 0.150 e. The molecule has 0 saturated heterocycles. The second kappa shape index (κ2) is 8.19. The Kier molecular flexibility index (Phi) is 6.00. The van der Waals surface area contributed by atoms with Gasteiger partial charge in [-0.05, 0) is 47.5 Å². The zero-order valence-corrected chi connectivity index (χ0v) is 13.0. The molecule has 0 aliphatic carbocycles. The van der Waals surface area contributed by atoms with Crippen molar-refractivity contribution in [2.75, 3.05) is 0 Å². The average molecular weight is 326 g/mol.